The van der Waals surface area contributed by atoms with Crippen molar-refractivity contribution in [1.29, 1.82) is 0 Å². The van der Waals surface area contributed by atoms with Gasteiger partial charge in [0, 0.05) is 12.1 Å². The lowest BCUT2D eigenvalue weighted by atomic mass is 9.81. The van der Waals surface area contributed by atoms with E-state index in [2.05, 4.69) is 24.5 Å². The lowest BCUT2D eigenvalue weighted by Crippen LogP contribution is -2.51. The summed E-state index contributed by atoms with van der Waals surface area (Å²) < 4.78 is 0. The molecule has 2 rings (SSSR count). The van der Waals surface area contributed by atoms with Gasteiger partial charge in [0.25, 0.3) is 0 Å². The molecular weight excluding hydrogens is 188 g/mol. The number of piperidine rings is 1. The lowest BCUT2D eigenvalue weighted by Gasteiger charge is -2.36. The van der Waals surface area contributed by atoms with E-state index in [9.17, 15) is 4.79 Å². The van der Waals surface area contributed by atoms with Gasteiger partial charge in [-0.25, -0.2) is 0 Å². The molecule has 1 aliphatic heterocycles. The van der Waals surface area contributed by atoms with Crippen molar-refractivity contribution in [3.8, 4) is 0 Å². The third kappa shape index (κ3) is 2.51. The summed E-state index contributed by atoms with van der Waals surface area (Å²) >= 11 is 0. The van der Waals surface area contributed by atoms with E-state index >= 15 is 0 Å². The molecule has 3 nitrogen and oxygen atoms in total. The monoisotopic (exact) mass is 210 g/mol. The average molecular weight is 210 g/mol. The van der Waals surface area contributed by atoms with Crippen LogP contribution in [0.25, 0.3) is 0 Å². The van der Waals surface area contributed by atoms with Gasteiger partial charge in [-0.1, -0.05) is 6.92 Å². The number of amides is 1. The molecule has 2 aliphatic rings. The van der Waals surface area contributed by atoms with E-state index in [1.807, 2.05) is 0 Å². The van der Waals surface area contributed by atoms with Crippen molar-refractivity contribution in [3.05, 3.63) is 0 Å². The smallest absolute Gasteiger partial charge is 0.224 e. The molecule has 0 aromatic rings. The molecule has 1 amide bonds. The number of rotatable bonds is 2. The summed E-state index contributed by atoms with van der Waals surface area (Å²) in [6.07, 6.45) is 4.51. The predicted molar refractivity (Wildman–Crippen MR) is 60.5 cm³/mol. The van der Waals surface area contributed by atoms with Gasteiger partial charge < -0.3 is 10.6 Å². The highest BCUT2D eigenvalue weighted by Crippen LogP contribution is 2.27. The molecule has 0 radical (unpaired) electrons. The zero-order valence-corrected chi connectivity index (χ0v) is 9.75. The SMILES string of the molecule is CC1CC(NC(=O)[C@@H]2CCCN[C@@H]2C)C1. The third-order valence-corrected chi connectivity index (χ3v) is 3.82. The second-order valence-electron chi connectivity index (χ2n) is 5.27. The van der Waals surface area contributed by atoms with Crippen molar-refractivity contribution in [1.82, 2.24) is 10.6 Å². The zero-order valence-electron chi connectivity index (χ0n) is 9.75. The second-order valence-corrected chi connectivity index (χ2v) is 5.27. The lowest BCUT2D eigenvalue weighted by molar-refractivity contribution is -0.128. The van der Waals surface area contributed by atoms with Gasteiger partial charge in [-0.15, -0.1) is 0 Å². The van der Waals surface area contributed by atoms with E-state index in [1.165, 1.54) is 12.8 Å². The van der Waals surface area contributed by atoms with Crippen LogP contribution in [-0.2, 0) is 4.79 Å². The molecule has 1 saturated carbocycles. The van der Waals surface area contributed by atoms with Gasteiger partial charge in [0.1, 0.15) is 0 Å². The maximum absolute atomic E-state index is 12.0. The van der Waals surface area contributed by atoms with Crippen LogP contribution in [0.3, 0.4) is 0 Å². The molecule has 2 atom stereocenters. The molecule has 15 heavy (non-hydrogen) atoms. The highest BCUT2D eigenvalue weighted by molar-refractivity contribution is 5.79. The number of carbonyl (C=O) groups is 1. The van der Waals surface area contributed by atoms with E-state index in [0.717, 1.165) is 25.3 Å². The molecule has 1 aliphatic carbocycles. The maximum atomic E-state index is 12.0. The molecule has 1 heterocycles. The molecule has 2 N–H and O–H groups in total. The highest BCUT2D eigenvalue weighted by atomic mass is 16.2. The summed E-state index contributed by atoms with van der Waals surface area (Å²) in [5.74, 6) is 1.26. The van der Waals surface area contributed by atoms with Gasteiger partial charge in [-0.05, 0) is 45.1 Å². The van der Waals surface area contributed by atoms with E-state index in [1.54, 1.807) is 0 Å². The Morgan fingerprint density at radius 3 is 2.67 bits per heavy atom. The van der Waals surface area contributed by atoms with Crippen LogP contribution < -0.4 is 10.6 Å². The molecular formula is C12H22N2O. The van der Waals surface area contributed by atoms with Crippen LogP contribution in [0.2, 0.25) is 0 Å². The Balaban J connectivity index is 1.79. The first-order valence-corrected chi connectivity index (χ1v) is 6.20. The minimum Gasteiger partial charge on any atom is -0.353 e. The van der Waals surface area contributed by atoms with Gasteiger partial charge in [0.2, 0.25) is 5.91 Å². The van der Waals surface area contributed by atoms with Crippen molar-refractivity contribution in [2.75, 3.05) is 6.54 Å². The zero-order chi connectivity index (χ0) is 10.8. The minimum atomic E-state index is 0.189. The van der Waals surface area contributed by atoms with Crippen LogP contribution in [0.15, 0.2) is 0 Å². The molecule has 1 saturated heterocycles. The maximum Gasteiger partial charge on any atom is 0.224 e. The molecule has 3 heteroatoms. The quantitative estimate of drug-likeness (QED) is 0.721. The van der Waals surface area contributed by atoms with Crippen molar-refractivity contribution in [2.45, 2.75) is 51.6 Å². The number of hydrogen-bond acceptors (Lipinski definition) is 2. The molecule has 0 unspecified atom stereocenters. The summed E-state index contributed by atoms with van der Waals surface area (Å²) in [6.45, 7) is 5.42. The summed E-state index contributed by atoms with van der Waals surface area (Å²) in [4.78, 5) is 12.0. The first kappa shape index (κ1) is 10.9. The summed E-state index contributed by atoms with van der Waals surface area (Å²) in [5.41, 5.74) is 0. The first-order valence-electron chi connectivity index (χ1n) is 6.20. The molecule has 0 spiro atoms. The van der Waals surface area contributed by atoms with E-state index in [4.69, 9.17) is 0 Å². The fourth-order valence-corrected chi connectivity index (χ4v) is 2.73. The number of nitrogens with one attached hydrogen (secondary N) is 2. The Bertz CT molecular complexity index is 236. The van der Waals surface area contributed by atoms with Crippen LogP contribution >= 0.6 is 0 Å². The second kappa shape index (κ2) is 4.52. The van der Waals surface area contributed by atoms with Gasteiger partial charge in [0.15, 0.2) is 0 Å². The Labute approximate surface area is 92.0 Å². The van der Waals surface area contributed by atoms with Crippen LogP contribution in [0.4, 0.5) is 0 Å². The largest absolute Gasteiger partial charge is 0.353 e. The van der Waals surface area contributed by atoms with Crippen LogP contribution in [-0.4, -0.2) is 24.5 Å². The summed E-state index contributed by atoms with van der Waals surface area (Å²) in [7, 11) is 0. The Hall–Kier alpha value is -0.570. The Kier molecular flexibility index (Phi) is 3.29. The fourth-order valence-electron chi connectivity index (χ4n) is 2.73. The molecule has 0 aromatic heterocycles. The van der Waals surface area contributed by atoms with Crippen LogP contribution in [0.1, 0.15) is 39.5 Å². The van der Waals surface area contributed by atoms with Crippen LogP contribution in [0.5, 0.6) is 0 Å². The molecule has 0 aromatic carbocycles. The van der Waals surface area contributed by atoms with Gasteiger partial charge in [0.05, 0.1) is 5.92 Å². The van der Waals surface area contributed by atoms with Gasteiger partial charge in [-0.3, -0.25) is 4.79 Å². The normalized spacial score (nSPS) is 40.7. The summed E-state index contributed by atoms with van der Waals surface area (Å²) in [6, 6.07) is 0.804. The molecule has 86 valence electrons. The topological polar surface area (TPSA) is 41.1 Å². The fraction of sp³-hybridized carbons (Fsp3) is 0.917. The van der Waals surface area contributed by atoms with Crippen LogP contribution in [0, 0.1) is 11.8 Å². The number of carbonyl (C=O) groups excluding carboxylic acids is 1. The van der Waals surface area contributed by atoms with Crippen molar-refractivity contribution in [2.24, 2.45) is 11.8 Å². The minimum absolute atomic E-state index is 0.189. The molecule has 0 bridgehead atoms. The van der Waals surface area contributed by atoms with Crippen molar-refractivity contribution >= 4 is 5.91 Å². The molecule has 2 fully saturated rings. The Morgan fingerprint density at radius 2 is 2.07 bits per heavy atom. The van der Waals surface area contributed by atoms with E-state index < -0.39 is 0 Å². The first-order chi connectivity index (χ1) is 7.16. The van der Waals surface area contributed by atoms with Crippen molar-refractivity contribution < 1.29 is 4.79 Å². The summed E-state index contributed by atoms with van der Waals surface area (Å²) in [5, 5.41) is 6.54. The third-order valence-electron chi connectivity index (χ3n) is 3.82. The number of hydrogen-bond donors (Lipinski definition) is 2. The van der Waals surface area contributed by atoms with Crippen molar-refractivity contribution in [3.63, 3.8) is 0 Å². The van der Waals surface area contributed by atoms with Gasteiger partial charge in [-0.2, -0.15) is 0 Å². The predicted octanol–water partition coefficient (Wildman–Crippen LogP) is 1.29. The van der Waals surface area contributed by atoms with E-state index in [-0.39, 0.29) is 11.8 Å². The highest BCUT2D eigenvalue weighted by Gasteiger charge is 2.32. The van der Waals surface area contributed by atoms with Gasteiger partial charge >= 0.3 is 0 Å². The average Bonchev–Trinajstić information content (AvgIpc) is 2.16. The standard InChI is InChI=1S/C12H22N2O/c1-8-6-10(7-8)14-12(15)11-4-3-5-13-9(11)2/h8-11,13H,3-7H2,1-2H3,(H,14,15)/t8?,9-,10?,11-/m1/s1. The Morgan fingerprint density at radius 1 is 1.33 bits per heavy atom. The van der Waals surface area contributed by atoms with E-state index in [0.29, 0.717) is 12.1 Å².